The number of para-hydroxylation sites is 1. The fourth-order valence-electron chi connectivity index (χ4n) is 2.71. The minimum Gasteiger partial charge on any atom is -0.387 e. The average Bonchev–Trinajstić information content (AvgIpc) is 2.64. The number of hydrogen-bond acceptors (Lipinski definition) is 2. The van der Waals surface area contributed by atoms with Gasteiger partial charge in [-0.2, -0.15) is 0 Å². The number of aliphatic hydroxyl groups is 1. The van der Waals surface area contributed by atoms with Gasteiger partial charge in [0.05, 0.1) is 6.10 Å². The second-order valence-electron chi connectivity index (χ2n) is 5.21. The van der Waals surface area contributed by atoms with E-state index in [0.29, 0.717) is 5.92 Å². The summed E-state index contributed by atoms with van der Waals surface area (Å²) in [7, 11) is 1.90. The zero-order valence-electron chi connectivity index (χ0n) is 11.5. The van der Waals surface area contributed by atoms with E-state index in [9.17, 15) is 5.11 Å². The lowest BCUT2D eigenvalue weighted by molar-refractivity contribution is 0.110. The van der Waals surface area contributed by atoms with E-state index in [1.54, 1.807) is 0 Å². The highest BCUT2D eigenvalue weighted by molar-refractivity contribution is 5.85. The van der Waals surface area contributed by atoms with Crippen LogP contribution in [0.4, 0.5) is 0 Å². The molecule has 0 bridgehead atoms. The quantitative estimate of drug-likeness (QED) is 0.777. The Hall–Kier alpha value is -1.32. The van der Waals surface area contributed by atoms with E-state index in [1.165, 1.54) is 0 Å². The average molecular weight is 246 g/mol. The summed E-state index contributed by atoms with van der Waals surface area (Å²) in [6, 6.07) is 8.18. The number of aliphatic hydroxyl groups excluding tert-OH is 1. The van der Waals surface area contributed by atoms with Crippen LogP contribution in [0.15, 0.2) is 24.3 Å². The lowest BCUT2D eigenvalue weighted by Crippen LogP contribution is -2.36. The number of hydrogen-bond donors (Lipinski definition) is 3. The first-order valence-corrected chi connectivity index (χ1v) is 6.48. The van der Waals surface area contributed by atoms with Crippen LogP contribution in [-0.2, 0) is 0 Å². The SMILES string of the molecule is CNC(C(C)C)C(O)c1c(C)[nH]c2ccccc12. The van der Waals surface area contributed by atoms with E-state index >= 15 is 0 Å². The molecule has 2 aromatic rings. The molecular formula is C15H22N2O. The van der Waals surface area contributed by atoms with Crippen molar-refractivity contribution in [3.63, 3.8) is 0 Å². The third-order valence-corrected chi connectivity index (χ3v) is 3.63. The van der Waals surface area contributed by atoms with Crippen molar-refractivity contribution < 1.29 is 5.11 Å². The Morgan fingerprint density at radius 2 is 1.89 bits per heavy atom. The molecule has 0 spiro atoms. The van der Waals surface area contributed by atoms with Crippen molar-refractivity contribution in [2.45, 2.75) is 32.9 Å². The number of H-pyrrole nitrogens is 1. The highest BCUT2D eigenvalue weighted by Crippen LogP contribution is 2.31. The maximum Gasteiger partial charge on any atom is 0.0968 e. The lowest BCUT2D eigenvalue weighted by Gasteiger charge is -2.26. The summed E-state index contributed by atoms with van der Waals surface area (Å²) in [6.45, 7) is 6.26. The van der Waals surface area contributed by atoms with Crippen LogP contribution in [0.1, 0.15) is 31.2 Å². The monoisotopic (exact) mass is 246 g/mol. The van der Waals surface area contributed by atoms with Gasteiger partial charge in [0.2, 0.25) is 0 Å². The van der Waals surface area contributed by atoms with E-state index in [1.807, 2.05) is 32.2 Å². The van der Waals surface area contributed by atoms with Gasteiger partial charge in [-0.25, -0.2) is 0 Å². The molecule has 0 saturated heterocycles. The molecule has 0 aliphatic carbocycles. The Morgan fingerprint density at radius 3 is 2.50 bits per heavy atom. The van der Waals surface area contributed by atoms with Gasteiger partial charge in [-0.1, -0.05) is 32.0 Å². The van der Waals surface area contributed by atoms with Crippen LogP contribution in [0, 0.1) is 12.8 Å². The van der Waals surface area contributed by atoms with Gasteiger partial charge < -0.3 is 15.4 Å². The lowest BCUT2D eigenvalue weighted by atomic mass is 9.92. The number of aryl methyl sites for hydroxylation is 1. The molecule has 98 valence electrons. The smallest absolute Gasteiger partial charge is 0.0968 e. The molecule has 0 saturated carbocycles. The molecule has 0 amide bonds. The van der Waals surface area contributed by atoms with Crippen molar-refractivity contribution in [3.05, 3.63) is 35.5 Å². The summed E-state index contributed by atoms with van der Waals surface area (Å²) >= 11 is 0. The van der Waals surface area contributed by atoms with Crippen LogP contribution < -0.4 is 5.32 Å². The second kappa shape index (κ2) is 5.12. The van der Waals surface area contributed by atoms with E-state index in [-0.39, 0.29) is 6.04 Å². The summed E-state index contributed by atoms with van der Waals surface area (Å²) in [5.41, 5.74) is 3.14. The van der Waals surface area contributed by atoms with Gasteiger partial charge in [-0.3, -0.25) is 0 Å². The first kappa shape index (κ1) is 13.1. The van der Waals surface area contributed by atoms with Crippen molar-refractivity contribution >= 4 is 10.9 Å². The maximum atomic E-state index is 10.6. The van der Waals surface area contributed by atoms with E-state index in [2.05, 4.69) is 30.2 Å². The summed E-state index contributed by atoms with van der Waals surface area (Å²) in [5.74, 6) is 0.373. The highest BCUT2D eigenvalue weighted by atomic mass is 16.3. The van der Waals surface area contributed by atoms with Crippen LogP contribution in [0.2, 0.25) is 0 Å². The minimum atomic E-state index is -0.494. The molecular weight excluding hydrogens is 224 g/mol. The predicted molar refractivity (Wildman–Crippen MR) is 75.7 cm³/mol. The Bertz CT molecular complexity index is 530. The number of rotatable bonds is 4. The van der Waals surface area contributed by atoms with Gasteiger partial charge in [0, 0.05) is 28.2 Å². The summed E-state index contributed by atoms with van der Waals surface area (Å²) in [4.78, 5) is 3.34. The molecule has 1 aromatic carbocycles. The molecule has 3 heteroatoms. The largest absolute Gasteiger partial charge is 0.387 e. The van der Waals surface area contributed by atoms with E-state index in [4.69, 9.17) is 0 Å². The Labute approximate surface area is 108 Å². The molecule has 0 aliphatic heterocycles. The zero-order valence-corrected chi connectivity index (χ0v) is 11.5. The molecule has 3 nitrogen and oxygen atoms in total. The maximum absolute atomic E-state index is 10.6. The van der Waals surface area contributed by atoms with Crippen molar-refractivity contribution in [3.8, 4) is 0 Å². The van der Waals surface area contributed by atoms with E-state index in [0.717, 1.165) is 22.2 Å². The Balaban J connectivity index is 2.49. The molecule has 1 heterocycles. The van der Waals surface area contributed by atoms with E-state index < -0.39 is 6.10 Å². The summed E-state index contributed by atoms with van der Waals surface area (Å²) in [5, 5.41) is 15.0. The Kier molecular flexibility index (Phi) is 3.73. The Morgan fingerprint density at radius 1 is 1.22 bits per heavy atom. The predicted octanol–water partition coefficient (Wildman–Crippen LogP) is 2.75. The molecule has 18 heavy (non-hydrogen) atoms. The molecule has 2 atom stereocenters. The van der Waals surface area contributed by atoms with Gasteiger partial charge in [0.25, 0.3) is 0 Å². The van der Waals surface area contributed by atoms with Crippen molar-refractivity contribution in [2.75, 3.05) is 7.05 Å². The molecule has 0 fully saturated rings. The third-order valence-electron chi connectivity index (χ3n) is 3.63. The first-order valence-electron chi connectivity index (χ1n) is 6.48. The van der Waals surface area contributed by atoms with Crippen LogP contribution in [0.3, 0.4) is 0 Å². The molecule has 2 unspecified atom stereocenters. The number of fused-ring (bicyclic) bond motifs is 1. The van der Waals surface area contributed by atoms with Crippen LogP contribution in [0.5, 0.6) is 0 Å². The van der Waals surface area contributed by atoms with Gasteiger partial charge in [0.1, 0.15) is 0 Å². The van der Waals surface area contributed by atoms with Gasteiger partial charge >= 0.3 is 0 Å². The van der Waals surface area contributed by atoms with Crippen molar-refractivity contribution in [2.24, 2.45) is 5.92 Å². The van der Waals surface area contributed by atoms with Crippen molar-refractivity contribution in [1.82, 2.24) is 10.3 Å². The normalized spacial score (nSPS) is 15.2. The van der Waals surface area contributed by atoms with Gasteiger partial charge in [-0.15, -0.1) is 0 Å². The summed E-state index contributed by atoms with van der Waals surface area (Å²) < 4.78 is 0. The standard InChI is InChI=1S/C15H22N2O/c1-9(2)14(16-4)15(18)13-10(3)17-12-8-6-5-7-11(12)13/h5-9,14-18H,1-4H3. The third kappa shape index (κ3) is 2.16. The molecule has 0 radical (unpaired) electrons. The first-order chi connectivity index (χ1) is 8.56. The minimum absolute atomic E-state index is 0.0582. The second-order valence-corrected chi connectivity index (χ2v) is 5.21. The van der Waals surface area contributed by atoms with Gasteiger partial charge in [0.15, 0.2) is 0 Å². The van der Waals surface area contributed by atoms with Crippen LogP contribution in [0.25, 0.3) is 10.9 Å². The van der Waals surface area contributed by atoms with Crippen molar-refractivity contribution in [1.29, 1.82) is 0 Å². The number of aromatic nitrogens is 1. The zero-order chi connectivity index (χ0) is 13.3. The fourth-order valence-corrected chi connectivity index (χ4v) is 2.71. The molecule has 0 aliphatic rings. The van der Waals surface area contributed by atoms with Gasteiger partial charge in [-0.05, 0) is 26.0 Å². The van der Waals surface area contributed by atoms with Crippen LogP contribution in [-0.4, -0.2) is 23.2 Å². The molecule has 1 aromatic heterocycles. The topological polar surface area (TPSA) is 48.0 Å². The highest BCUT2D eigenvalue weighted by Gasteiger charge is 2.26. The fraction of sp³-hybridized carbons (Fsp3) is 0.467. The number of likely N-dealkylation sites (N-methyl/N-ethyl adjacent to an activating group) is 1. The summed E-state index contributed by atoms with van der Waals surface area (Å²) in [6.07, 6.45) is -0.494. The van der Waals surface area contributed by atoms with Crippen LogP contribution >= 0.6 is 0 Å². The number of nitrogens with one attached hydrogen (secondary N) is 2. The molecule has 3 N–H and O–H groups in total. The number of benzene rings is 1. The molecule has 2 rings (SSSR count). The number of aromatic amines is 1.